The Morgan fingerprint density at radius 2 is 1.95 bits per heavy atom. The maximum atomic E-state index is 14.1. The third kappa shape index (κ3) is 3.91. The molecule has 20 heavy (non-hydrogen) atoms. The van der Waals surface area contributed by atoms with Gasteiger partial charge in [-0.15, -0.1) is 4.72 Å². The number of hydrogen-bond donors (Lipinski definition) is 1. The molecule has 0 heterocycles. The summed E-state index contributed by atoms with van der Waals surface area (Å²) < 4.78 is 28.4. The van der Waals surface area contributed by atoms with Crippen molar-refractivity contribution in [1.82, 2.24) is 4.72 Å². The normalized spacial score (nSPS) is 14.9. The van der Waals surface area contributed by atoms with E-state index in [9.17, 15) is 19.1 Å². The Balaban J connectivity index is 3.09. The van der Waals surface area contributed by atoms with E-state index < -0.39 is 32.9 Å². The molecule has 0 bridgehead atoms. The summed E-state index contributed by atoms with van der Waals surface area (Å²) in [5, 5.41) is 10.8. The van der Waals surface area contributed by atoms with Crippen LogP contribution in [0.25, 0.3) is 0 Å². The second-order valence-corrected chi connectivity index (χ2v) is 7.64. The molecular formula is C13H19FN2O3S. The lowest BCUT2D eigenvalue weighted by Crippen LogP contribution is -2.40. The minimum absolute atomic E-state index is 0.148. The molecule has 0 aliphatic carbocycles. The maximum Gasteiger partial charge on any atom is 0.270 e. The molecule has 1 aromatic rings. The smallest absolute Gasteiger partial charge is 0.270 e. The molecule has 0 unspecified atom stereocenters. The first-order valence-corrected chi connectivity index (χ1v) is 7.31. The number of aryl methyl sites for hydroxylation is 1. The Morgan fingerprint density at radius 1 is 1.40 bits per heavy atom. The van der Waals surface area contributed by atoms with Crippen LogP contribution in [0, 0.1) is 22.9 Å². The van der Waals surface area contributed by atoms with Gasteiger partial charge in [-0.2, -0.15) is 0 Å². The van der Waals surface area contributed by atoms with Crippen LogP contribution >= 0.6 is 0 Å². The predicted octanol–water partition coefficient (Wildman–Crippen LogP) is 3.16. The van der Waals surface area contributed by atoms with Gasteiger partial charge in [-0.25, -0.2) is 4.39 Å². The third-order valence-electron chi connectivity index (χ3n) is 2.78. The van der Waals surface area contributed by atoms with Crippen molar-refractivity contribution in [2.24, 2.45) is 0 Å². The summed E-state index contributed by atoms with van der Waals surface area (Å²) in [4.78, 5) is 10.3. The summed E-state index contributed by atoms with van der Waals surface area (Å²) in [5.41, 5.74) is 0.174. The highest BCUT2D eigenvalue weighted by Crippen LogP contribution is 2.27. The van der Waals surface area contributed by atoms with Crippen molar-refractivity contribution in [2.45, 2.75) is 45.4 Å². The molecule has 0 saturated heterocycles. The zero-order valence-corrected chi connectivity index (χ0v) is 13.0. The third-order valence-corrected chi connectivity index (χ3v) is 4.46. The molecule has 1 N–H and O–H groups in total. The quantitative estimate of drug-likeness (QED) is 0.526. The van der Waals surface area contributed by atoms with Crippen LogP contribution in [-0.2, 0) is 11.4 Å². The van der Waals surface area contributed by atoms with Crippen molar-refractivity contribution in [3.8, 4) is 0 Å². The Morgan fingerprint density at radius 3 is 2.40 bits per heavy atom. The van der Waals surface area contributed by atoms with Gasteiger partial charge in [0, 0.05) is 29.1 Å². The highest BCUT2D eigenvalue weighted by Gasteiger charge is 2.30. The number of non-ortho nitro benzene ring substituents is 1. The van der Waals surface area contributed by atoms with Crippen molar-refractivity contribution >= 4 is 17.0 Å². The van der Waals surface area contributed by atoms with E-state index >= 15 is 0 Å². The molecule has 112 valence electrons. The number of hydrogen-bond acceptors (Lipinski definition) is 4. The number of nitro benzene ring substituents is 1. The second kappa shape index (κ2) is 6.07. The molecule has 0 spiro atoms. The molecule has 1 rings (SSSR count). The molecule has 0 saturated carbocycles. The van der Waals surface area contributed by atoms with Gasteiger partial charge in [0.1, 0.15) is 10.6 Å². The number of nitro groups is 1. The summed E-state index contributed by atoms with van der Waals surface area (Å²) in [5.74, 6) is -0.512. The van der Waals surface area contributed by atoms with Crippen LogP contribution in [0.3, 0.4) is 0 Å². The Bertz CT molecular complexity index is 517. The van der Waals surface area contributed by atoms with Crippen LogP contribution in [0.2, 0.25) is 0 Å². The number of rotatable bonds is 4. The van der Waals surface area contributed by atoms with Crippen LogP contribution < -0.4 is 4.72 Å². The lowest BCUT2D eigenvalue weighted by molar-refractivity contribution is -0.385. The number of nitrogens with zero attached hydrogens (tertiary/aromatic N) is 1. The summed E-state index contributed by atoms with van der Waals surface area (Å²) >= 11 is -1.39. The van der Waals surface area contributed by atoms with Crippen LogP contribution in [0.5, 0.6) is 0 Å². The molecular weight excluding hydrogens is 283 g/mol. The van der Waals surface area contributed by atoms with Crippen LogP contribution in [0.1, 0.15) is 44.9 Å². The minimum atomic E-state index is -1.39. The van der Waals surface area contributed by atoms with Crippen molar-refractivity contribution in [1.29, 1.82) is 0 Å². The van der Waals surface area contributed by atoms with Crippen LogP contribution in [0.15, 0.2) is 12.1 Å². The molecule has 0 radical (unpaired) electrons. The second-order valence-electron chi connectivity index (χ2n) is 5.64. The van der Waals surface area contributed by atoms with Crippen molar-refractivity contribution < 1.29 is 13.9 Å². The monoisotopic (exact) mass is 302 g/mol. The molecule has 0 aliphatic heterocycles. The van der Waals surface area contributed by atoms with Gasteiger partial charge in [0.2, 0.25) is 0 Å². The van der Waals surface area contributed by atoms with E-state index in [1.807, 2.05) is 0 Å². The fraction of sp³-hybridized carbons (Fsp3) is 0.538. The number of nitrogens with one attached hydrogen (secondary N) is 1. The summed E-state index contributed by atoms with van der Waals surface area (Å²) in [6.45, 7) is 8.47. The zero-order valence-electron chi connectivity index (χ0n) is 12.2. The minimum Gasteiger partial charge on any atom is -0.598 e. The molecule has 0 aliphatic rings. The van der Waals surface area contributed by atoms with Gasteiger partial charge in [0.25, 0.3) is 5.69 Å². The standard InChI is InChI=1S/C13H19FN2O3S/c1-8-6-10(16(17)18)7-11(12(8)14)9(2)15-20(19)13(3,4)5/h6-7,9,15H,1-5H3/t9-,20-/m1/s1. The number of halogens is 1. The van der Waals surface area contributed by atoms with Gasteiger partial charge in [-0.1, -0.05) is 0 Å². The average Bonchev–Trinajstić information content (AvgIpc) is 2.30. The summed E-state index contributed by atoms with van der Waals surface area (Å²) in [7, 11) is 0. The van der Waals surface area contributed by atoms with Crippen molar-refractivity contribution in [2.75, 3.05) is 0 Å². The lowest BCUT2D eigenvalue weighted by Gasteiger charge is -2.26. The molecule has 5 nitrogen and oxygen atoms in total. The highest BCUT2D eigenvalue weighted by atomic mass is 32.2. The Kier molecular flexibility index (Phi) is 5.12. The SMILES string of the molecule is Cc1cc([N+](=O)[O-])cc([C@@H](C)N[S@+]([O-])C(C)(C)C)c1F. The molecule has 0 amide bonds. The summed E-state index contributed by atoms with van der Waals surface area (Å²) in [6, 6.07) is 1.78. The highest BCUT2D eigenvalue weighted by molar-refractivity contribution is 7.90. The maximum absolute atomic E-state index is 14.1. The van der Waals surface area contributed by atoms with E-state index in [1.165, 1.54) is 19.1 Å². The van der Waals surface area contributed by atoms with Gasteiger partial charge in [0.05, 0.1) is 11.0 Å². The van der Waals surface area contributed by atoms with Crippen molar-refractivity contribution in [3.63, 3.8) is 0 Å². The fourth-order valence-electron chi connectivity index (χ4n) is 1.60. The average molecular weight is 302 g/mol. The number of benzene rings is 1. The van der Waals surface area contributed by atoms with E-state index in [4.69, 9.17) is 0 Å². The first kappa shape index (κ1) is 16.9. The van der Waals surface area contributed by atoms with E-state index in [0.29, 0.717) is 0 Å². The fourth-order valence-corrected chi connectivity index (χ4v) is 2.40. The molecule has 2 atom stereocenters. The first-order chi connectivity index (χ1) is 9.04. The molecule has 7 heteroatoms. The summed E-state index contributed by atoms with van der Waals surface area (Å²) in [6.07, 6.45) is 0. The van der Waals surface area contributed by atoms with Gasteiger partial charge >= 0.3 is 0 Å². The largest absolute Gasteiger partial charge is 0.598 e. The van der Waals surface area contributed by atoms with Gasteiger partial charge in [-0.05, 0) is 40.2 Å². The van der Waals surface area contributed by atoms with Gasteiger partial charge in [-0.3, -0.25) is 10.1 Å². The van der Waals surface area contributed by atoms with Gasteiger partial charge < -0.3 is 4.55 Å². The van der Waals surface area contributed by atoms with Crippen LogP contribution in [0.4, 0.5) is 10.1 Å². The molecule has 1 aromatic carbocycles. The van der Waals surface area contributed by atoms with Crippen molar-refractivity contribution in [3.05, 3.63) is 39.2 Å². The van der Waals surface area contributed by atoms with Gasteiger partial charge in [0.15, 0.2) is 0 Å². The van der Waals surface area contributed by atoms with E-state index in [-0.39, 0.29) is 16.8 Å². The topological polar surface area (TPSA) is 78.2 Å². The molecule has 0 aromatic heterocycles. The predicted molar refractivity (Wildman–Crippen MR) is 77.2 cm³/mol. The Labute approximate surface area is 121 Å². The zero-order chi connectivity index (χ0) is 15.7. The Hall–Kier alpha value is -1.18. The van der Waals surface area contributed by atoms with E-state index in [0.717, 1.165) is 0 Å². The lowest BCUT2D eigenvalue weighted by atomic mass is 10.0. The van der Waals surface area contributed by atoms with Crippen LogP contribution in [-0.4, -0.2) is 14.2 Å². The van der Waals surface area contributed by atoms with E-state index in [2.05, 4.69) is 4.72 Å². The van der Waals surface area contributed by atoms with E-state index in [1.54, 1.807) is 27.7 Å². The first-order valence-electron chi connectivity index (χ1n) is 6.16. The molecule has 0 fully saturated rings.